The van der Waals surface area contributed by atoms with Crippen LogP contribution in [0.25, 0.3) is 0 Å². The molecule has 1 amide bonds. The zero-order chi connectivity index (χ0) is 24.5. The van der Waals surface area contributed by atoms with E-state index in [2.05, 4.69) is 15.5 Å². The van der Waals surface area contributed by atoms with E-state index in [9.17, 15) is 9.59 Å². The van der Waals surface area contributed by atoms with E-state index < -0.39 is 17.7 Å². The molecule has 0 aromatic heterocycles. The first-order valence-electron chi connectivity index (χ1n) is 9.99. The molecular formula is C22H25Cl2N3O6. The smallest absolute Gasteiger partial charge is 0.258 e. The Labute approximate surface area is 202 Å². The molecule has 0 fully saturated rings. The molecule has 178 valence electrons. The fourth-order valence-electron chi connectivity index (χ4n) is 2.78. The van der Waals surface area contributed by atoms with E-state index in [1.165, 1.54) is 33.3 Å². The summed E-state index contributed by atoms with van der Waals surface area (Å²) in [5.74, 6) is -0.101. The second kappa shape index (κ2) is 12.3. The number of hydrogen-bond donors (Lipinski definition) is 1. The molecule has 1 N–H and O–H groups in total. The van der Waals surface area contributed by atoms with E-state index in [0.717, 1.165) is 0 Å². The normalized spacial score (nSPS) is 11.7. The zero-order valence-corrected chi connectivity index (χ0v) is 20.4. The van der Waals surface area contributed by atoms with Crippen molar-refractivity contribution in [1.29, 1.82) is 0 Å². The Morgan fingerprint density at radius 2 is 1.52 bits per heavy atom. The van der Waals surface area contributed by atoms with Gasteiger partial charge in [0.25, 0.3) is 5.91 Å². The number of ether oxygens (including phenoxy) is 4. The van der Waals surface area contributed by atoms with Gasteiger partial charge in [0.15, 0.2) is 23.0 Å². The van der Waals surface area contributed by atoms with Crippen LogP contribution < -0.4 is 24.3 Å². The Balaban J connectivity index is 2.42. The first kappa shape index (κ1) is 26.2. The van der Waals surface area contributed by atoms with Crippen LogP contribution >= 0.6 is 23.2 Å². The molecule has 0 bridgehead atoms. The monoisotopic (exact) mass is 497 g/mol. The third-order valence-corrected chi connectivity index (χ3v) is 4.86. The molecule has 0 aliphatic rings. The maximum Gasteiger partial charge on any atom is 0.258 e. The number of Topliss-reactive ketones (excluding diaryl/α,β-unsaturated/α-hetero) is 1. The molecule has 9 nitrogen and oxygen atoms in total. The summed E-state index contributed by atoms with van der Waals surface area (Å²) in [5.41, 5.74) is 0.340. The Morgan fingerprint density at radius 3 is 2.03 bits per heavy atom. The van der Waals surface area contributed by atoms with E-state index in [1.807, 2.05) is 0 Å². The van der Waals surface area contributed by atoms with Crippen molar-refractivity contribution in [1.82, 2.24) is 0 Å². The summed E-state index contributed by atoms with van der Waals surface area (Å²) in [6.45, 7) is 5.52. The van der Waals surface area contributed by atoms with Crippen LogP contribution in [0.5, 0.6) is 23.0 Å². The van der Waals surface area contributed by atoms with Crippen molar-refractivity contribution in [2.75, 3.05) is 32.8 Å². The number of hydrogen-bond acceptors (Lipinski definition) is 8. The maximum absolute atomic E-state index is 13.0. The van der Waals surface area contributed by atoms with Gasteiger partial charge in [-0.15, -0.1) is 5.11 Å². The molecular weight excluding hydrogens is 473 g/mol. The summed E-state index contributed by atoms with van der Waals surface area (Å²) < 4.78 is 21.6. The maximum atomic E-state index is 13.0. The number of nitrogens with zero attached hydrogens (tertiary/aromatic N) is 2. The average molecular weight is 498 g/mol. The van der Waals surface area contributed by atoms with Gasteiger partial charge in [-0.05, 0) is 32.9 Å². The van der Waals surface area contributed by atoms with E-state index in [1.54, 1.807) is 26.0 Å². The molecule has 2 rings (SSSR count). The summed E-state index contributed by atoms with van der Waals surface area (Å²) in [6, 6.07) is 4.79. The molecule has 2 aromatic carbocycles. The van der Waals surface area contributed by atoms with Crippen LogP contribution in [0.1, 0.15) is 20.8 Å². The number of methoxy groups -OCH3 is 2. The van der Waals surface area contributed by atoms with Crippen molar-refractivity contribution in [2.45, 2.75) is 26.8 Å². The van der Waals surface area contributed by atoms with E-state index >= 15 is 0 Å². The second-order valence-electron chi connectivity index (χ2n) is 6.49. The standard InChI is InChI=1S/C22H25Cl2N3O6/c1-6-32-14-8-9-15(33-7-2)21(18(14)24)25-22(29)19(12(3)28)26-27-20-16(30-4)10-13(23)11-17(20)31-5/h8-11,19H,6-7H2,1-5H3,(H,25,29). The predicted molar refractivity (Wildman–Crippen MR) is 126 cm³/mol. The molecule has 1 atom stereocenters. The molecule has 0 radical (unpaired) electrons. The van der Waals surface area contributed by atoms with Gasteiger partial charge in [-0.2, -0.15) is 5.11 Å². The number of azo groups is 1. The van der Waals surface area contributed by atoms with Crippen molar-refractivity contribution in [3.05, 3.63) is 34.3 Å². The Morgan fingerprint density at radius 1 is 0.970 bits per heavy atom. The summed E-state index contributed by atoms with van der Waals surface area (Å²) in [4.78, 5) is 25.2. The molecule has 0 spiro atoms. The zero-order valence-electron chi connectivity index (χ0n) is 18.9. The minimum Gasteiger partial charge on any atom is -0.494 e. The van der Waals surface area contributed by atoms with Gasteiger partial charge >= 0.3 is 0 Å². The van der Waals surface area contributed by atoms with Crippen LogP contribution in [0.2, 0.25) is 10.0 Å². The van der Waals surface area contributed by atoms with Gasteiger partial charge in [-0.25, -0.2) is 0 Å². The lowest BCUT2D eigenvalue weighted by Gasteiger charge is -2.17. The van der Waals surface area contributed by atoms with Gasteiger partial charge < -0.3 is 24.3 Å². The third-order valence-electron chi connectivity index (χ3n) is 4.27. The van der Waals surface area contributed by atoms with Gasteiger partial charge in [-0.3, -0.25) is 9.59 Å². The van der Waals surface area contributed by atoms with E-state index in [-0.39, 0.29) is 27.9 Å². The number of carbonyl (C=O) groups is 2. The Kier molecular flexibility index (Phi) is 9.74. The number of carbonyl (C=O) groups excluding carboxylic acids is 2. The first-order valence-corrected chi connectivity index (χ1v) is 10.7. The lowest BCUT2D eigenvalue weighted by atomic mass is 10.2. The number of anilines is 1. The van der Waals surface area contributed by atoms with E-state index in [0.29, 0.717) is 29.7 Å². The van der Waals surface area contributed by atoms with Crippen LogP contribution in [0.4, 0.5) is 11.4 Å². The Bertz CT molecular complexity index is 1020. The largest absolute Gasteiger partial charge is 0.494 e. The highest BCUT2D eigenvalue weighted by Gasteiger charge is 2.27. The van der Waals surface area contributed by atoms with Crippen molar-refractivity contribution in [3.8, 4) is 23.0 Å². The number of halogens is 2. The molecule has 0 saturated carbocycles. The molecule has 33 heavy (non-hydrogen) atoms. The molecule has 0 heterocycles. The highest BCUT2D eigenvalue weighted by molar-refractivity contribution is 6.36. The third kappa shape index (κ3) is 6.49. The lowest BCUT2D eigenvalue weighted by Crippen LogP contribution is -2.32. The van der Waals surface area contributed by atoms with E-state index in [4.69, 9.17) is 42.1 Å². The van der Waals surface area contributed by atoms with Crippen molar-refractivity contribution >= 4 is 46.3 Å². The average Bonchev–Trinajstić information content (AvgIpc) is 2.78. The molecule has 2 aromatic rings. The molecule has 11 heteroatoms. The Hall–Kier alpha value is -3.04. The van der Waals surface area contributed by atoms with Crippen molar-refractivity contribution in [2.24, 2.45) is 10.2 Å². The second-order valence-corrected chi connectivity index (χ2v) is 7.31. The van der Waals surface area contributed by atoms with Crippen LogP contribution in [0.15, 0.2) is 34.5 Å². The minimum atomic E-state index is -1.48. The van der Waals surface area contributed by atoms with Crippen LogP contribution in [0.3, 0.4) is 0 Å². The molecule has 0 aliphatic heterocycles. The van der Waals surface area contributed by atoms with Gasteiger partial charge in [-0.1, -0.05) is 23.2 Å². The number of amides is 1. The number of nitrogens with one attached hydrogen (secondary N) is 1. The molecule has 0 aliphatic carbocycles. The van der Waals surface area contributed by atoms with Crippen molar-refractivity contribution < 1.29 is 28.5 Å². The minimum absolute atomic E-state index is 0.136. The van der Waals surface area contributed by atoms with Crippen LogP contribution in [0, 0.1) is 0 Å². The van der Waals surface area contributed by atoms with Crippen molar-refractivity contribution in [3.63, 3.8) is 0 Å². The summed E-state index contributed by atoms with van der Waals surface area (Å²) in [5, 5.41) is 11.1. The topological polar surface area (TPSA) is 108 Å². The van der Waals surface area contributed by atoms with Gasteiger partial charge in [0.05, 0.1) is 27.4 Å². The number of benzene rings is 2. The quantitative estimate of drug-likeness (QED) is 0.324. The number of rotatable bonds is 11. The van der Waals surface area contributed by atoms with Gasteiger partial charge in [0.1, 0.15) is 22.2 Å². The number of ketones is 1. The van der Waals surface area contributed by atoms with Crippen LogP contribution in [-0.2, 0) is 9.59 Å². The molecule has 0 saturated heterocycles. The lowest BCUT2D eigenvalue weighted by molar-refractivity contribution is -0.126. The fourth-order valence-corrected chi connectivity index (χ4v) is 3.24. The SMILES string of the molecule is CCOc1ccc(OCC)c(NC(=O)C(N=Nc2c(OC)cc(Cl)cc2OC)C(C)=O)c1Cl. The highest BCUT2D eigenvalue weighted by Crippen LogP contribution is 2.41. The summed E-state index contributed by atoms with van der Waals surface area (Å²) in [7, 11) is 2.84. The fraction of sp³-hybridized carbons (Fsp3) is 0.364. The highest BCUT2D eigenvalue weighted by atomic mass is 35.5. The summed E-state index contributed by atoms with van der Waals surface area (Å²) in [6.07, 6.45) is 0. The van der Waals surface area contributed by atoms with Gasteiger partial charge in [0, 0.05) is 17.2 Å². The van der Waals surface area contributed by atoms with Crippen LogP contribution in [-0.4, -0.2) is 45.2 Å². The molecule has 1 unspecified atom stereocenters. The predicted octanol–water partition coefficient (Wildman–Crippen LogP) is 5.49. The summed E-state index contributed by atoms with van der Waals surface area (Å²) >= 11 is 12.5. The van der Waals surface area contributed by atoms with Gasteiger partial charge in [0.2, 0.25) is 6.04 Å². The first-order chi connectivity index (χ1) is 15.8.